The number of nitrogens with zero attached hydrogens (tertiary/aromatic N) is 3. The Morgan fingerprint density at radius 2 is 2.18 bits per heavy atom. The van der Waals surface area contributed by atoms with Gasteiger partial charge in [0.15, 0.2) is 0 Å². The molecule has 0 amide bonds. The van der Waals surface area contributed by atoms with Crippen LogP contribution in [0.25, 0.3) is 0 Å². The van der Waals surface area contributed by atoms with Crippen molar-refractivity contribution in [2.24, 2.45) is 0 Å². The van der Waals surface area contributed by atoms with Gasteiger partial charge in [0.1, 0.15) is 5.82 Å². The van der Waals surface area contributed by atoms with Gasteiger partial charge in [0.25, 0.3) is 0 Å². The predicted octanol–water partition coefficient (Wildman–Crippen LogP) is 2.49. The van der Waals surface area contributed by atoms with E-state index in [4.69, 9.17) is 4.74 Å². The lowest BCUT2D eigenvalue weighted by atomic mass is 10.1. The summed E-state index contributed by atoms with van der Waals surface area (Å²) < 4.78 is 10.2. The van der Waals surface area contributed by atoms with Crippen molar-refractivity contribution in [3.05, 3.63) is 5.82 Å². The molecule has 4 nitrogen and oxygen atoms in total. The smallest absolute Gasteiger partial charge is 0.205 e. The molecule has 0 bridgehead atoms. The minimum Gasteiger partial charge on any atom is -0.374 e. The summed E-state index contributed by atoms with van der Waals surface area (Å²) in [5.74, 6) is 0.958. The number of anilines is 1. The normalized spacial score (nSPS) is 25.2. The molecule has 1 aliphatic heterocycles. The number of ether oxygens (including phenoxy) is 1. The highest BCUT2D eigenvalue weighted by Crippen LogP contribution is 2.26. The van der Waals surface area contributed by atoms with Crippen LogP contribution in [0.2, 0.25) is 0 Å². The average Bonchev–Trinajstić information content (AvgIpc) is 2.86. The van der Waals surface area contributed by atoms with E-state index in [0.29, 0.717) is 12.1 Å². The predicted molar refractivity (Wildman–Crippen MR) is 70.7 cm³/mol. The van der Waals surface area contributed by atoms with Gasteiger partial charge < -0.3 is 9.64 Å². The first-order valence-corrected chi connectivity index (χ1v) is 7.26. The summed E-state index contributed by atoms with van der Waals surface area (Å²) in [7, 11) is 0. The van der Waals surface area contributed by atoms with Crippen molar-refractivity contribution in [1.29, 1.82) is 0 Å². The second kappa shape index (κ2) is 5.78. The van der Waals surface area contributed by atoms with Crippen molar-refractivity contribution in [1.82, 2.24) is 9.36 Å². The highest BCUT2D eigenvalue weighted by molar-refractivity contribution is 7.09. The van der Waals surface area contributed by atoms with Crippen LogP contribution in [0.3, 0.4) is 0 Å². The molecule has 0 aliphatic carbocycles. The van der Waals surface area contributed by atoms with Gasteiger partial charge >= 0.3 is 0 Å². The average molecular weight is 255 g/mol. The van der Waals surface area contributed by atoms with Crippen LogP contribution in [0.1, 0.15) is 39.4 Å². The van der Waals surface area contributed by atoms with Crippen molar-refractivity contribution in [2.45, 2.75) is 52.2 Å². The van der Waals surface area contributed by atoms with Crippen LogP contribution in [0, 0.1) is 0 Å². The molecule has 1 fully saturated rings. The number of rotatable bonds is 4. The maximum absolute atomic E-state index is 5.83. The zero-order chi connectivity index (χ0) is 12.3. The summed E-state index contributed by atoms with van der Waals surface area (Å²) >= 11 is 1.52. The van der Waals surface area contributed by atoms with E-state index >= 15 is 0 Å². The molecule has 1 saturated heterocycles. The van der Waals surface area contributed by atoms with Crippen LogP contribution in [0.5, 0.6) is 0 Å². The Labute approximate surface area is 107 Å². The minimum atomic E-state index is 0.340. The SMILES string of the molecule is CCc1nsc(N2C[C@@H](CC)OC[C@H]2CC)n1. The van der Waals surface area contributed by atoms with Crippen molar-refractivity contribution in [3.63, 3.8) is 0 Å². The van der Waals surface area contributed by atoms with Gasteiger partial charge in [-0.1, -0.05) is 20.8 Å². The van der Waals surface area contributed by atoms with E-state index in [2.05, 4.69) is 35.0 Å². The van der Waals surface area contributed by atoms with Crippen LogP contribution in [0.4, 0.5) is 5.13 Å². The molecule has 96 valence electrons. The maximum Gasteiger partial charge on any atom is 0.205 e. The van der Waals surface area contributed by atoms with Gasteiger partial charge in [-0.05, 0) is 12.8 Å². The zero-order valence-electron chi connectivity index (χ0n) is 10.8. The molecule has 0 saturated carbocycles. The second-order valence-electron chi connectivity index (χ2n) is 4.42. The Morgan fingerprint density at radius 1 is 1.35 bits per heavy atom. The molecule has 1 aromatic heterocycles. The molecule has 0 spiro atoms. The molecular formula is C12H21N3OS. The largest absolute Gasteiger partial charge is 0.374 e. The van der Waals surface area contributed by atoms with Crippen molar-refractivity contribution >= 4 is 16.7 Å². The fraction of sp³-hybridized carbons (Fsp3) is 0.833. The Bertz CT molecular complexity index is 355. The second-order valence-corrected chi connectivity index (χ2v) is 5.16. The number of aromatic nitrogens is 2. The summed E-state index contributed by atoms with van der Waals surface area (Å²) in [6.45, 7) is 8.24. The van der Waals surface area contributed by atoms with Gasteiger partial charge in [-0.2, -0.15) is 4.37 Å². The molecule has 2 atom stereocenters. The standard InChI is InChI=1S/C12H21N3OS/c1-4-9-8-16-10(5-2)7-15(9)12-13-11(6-3)14-17-12/h9-10H,4-8H2,1-3H3/t9-,10-/m1/s1. The zero-order valence-corrected chi connectivity index (χ0v) is 11.7. The number of hydrogen-bond acceptors (Lipinski definition) is 5. The van der Waals surface area contributed by atoms with E-state index in [0.717, 1.165) is 43.4 Å². The fourth-order valence-corrected chi connectivity index (χ4v) is 2.91. The minimum absolute atomic E-state index is 0.340. The lowest BCUT2D eigenvalue weighted by Gasteiger charge is -2.38. The third-order valence-electron chi connectivity index (χ3n) is 3.31. The molecule has 0 N–H and O–H groups in total. The number of hydrogen-bond donors (Lipinski definition) is 0. The summed E-state index contributed by atoms with van der Waals surface area (Å²) in [4.78, 5) is 6.98. The van der Waals surface area contributed by atoms with Crippen molar-refractivity contribution < 1.29 is 4.74 Å². The van der Waals surface area contributed by atoms with Crippen LogP contribution >= 0.6 is 11.5 Å². The summed E-state index contributed by atoms with van der Waals surface area (Å²) in [5, 5.41) is 1.07. The van der Waals surface area contributed by atoms with Crippen molar-refractivity contribution in [3.8, 4) is 0 Å². The van der Waals surface area contributed by atoms with Gasteiger partial charge in [0, 0.05) is 24.5 Å². The van der Waals surface area contributed by atoms with Crippen LogP contribution in [-0.2, 0) is 11.2 Å². The molecule has 0 unspecified atom stereocenters. The molecule has 0 aromatic carbocycles. The van der Waals surface area contributed by atoms with Gasteiger partial charge in [0.05, 0.1) is 18.8 Å². The fourth-order valence-electron chi connectivity index (χ4n) is 2.08. The molecule has 2 rings (SSSR count). The molecule has 0 radical (unpaired) electrons. The third-order valence-corrected chi connectivity index (χ3v) is 4.10. The highest BCUT2D eigenvalue weighted by atomic mass is 32.1. The van der Waals surface area contributed by atoms with Gasteiger partial charge in [-0.15, -0.1) is 0 Å². The van der Waals surface area contributed by atoms with E-state index in [-0.39, 0.29) is 0 Å². The van der Waals surface area contributed by atoms with E-state index in [1.54, 1.807) is 0 Å². The van der Waals surface area contributed by atoms with Crippen LogP contribution in [0.15, 0.2) is 0 Å². The van der Waals surface area contributed by atoms with Gasteiger partial charge in [-0.25, -0.2) is 4.98 Å². The Morgan fingerprint density at radius 3 is 2.76 bits per heavy atom. The molecule has 1 aliphatic rings. The maximum atomic E-state index is 5.83. The Kier molecular flexibility index (Phi) is 4.34. The topological polar surface area (TPSA) is 38.2 Å². The highest BCUT2D eigenvalue weighted by Gasteiger charge is 2.29. The lowest BCUT2D eigenvalue weighted by molar-refractivity contribution is 0.0166. The van der Waals surface area contributed by atoms with E-state index in [1.807, 2.05) is 0 Å². The molecule has 5 heteroatoms. The number of aryl methyl sites for hydroxylation is 1. The first-order valence-electron chi connectivity index (χ1n) is 6.49. The van der Waals surface area contributed by atoms with E-state index in [9.17, 15) is 0 Å². The molecule has 17 heavy (non-hydrogen) atoms. The van der Waals surface area contributed by atoms with Crippen molar-refractivity contribution in [2.75, 3.05) is 18.1 Å². The Hall–Kier alpha value is -0.680. The molecule has 2 heterocycles. The summed E-state index contributed by atoms with van der Waals surface area (Å²) in [6, 6.07) is 0.454. The first-order chi connectivity index (χ1) is 8.28. The molecular weight excluding hydrogens is 234 g/mol. The first kappa shape index (κ1) is 12.8. The lowest BCUT2D eigenvalue weighted by Crippen LogP contribution is -2.49. The summed E-state index contributed by atoms with van der Waals surface area (Å²) in [6.07, 6.45) is 3.41. The quantitative estimate of drug-likeness (QED) is 0.828. The summed E-state index contributed by atoms with van der Waals surface area (Å²) in [5.41, 5.74) is 0. The number of morpholine rings is 1. The monoisotopic (exact) mass is 255 g/mol. The van der Waals surface area contributed by atoms with E-state index < -0.39 is 0 Å². The Balaban J connectivity index is 2.13. The van der Waals surface area contributed by atoms with E-state index in [1.165, 1.54) is 11.5 Å². The van der Waals surface area contributed by atoms with Crippen LogP contribution < -0.4 is 4.90 Å². The molecule has 1 aromatic rings. The van der Waals surface area contributed by atoms with Gasteiger partial charge in [0.2, 0.25) is 5.13 Å². The third kappa shape index (κ3) is 2.77. The van der Waals surface area contributed by atoms with Crippen LogP contribution in [-0.4, -0.2) is 34.7 Å². The van der Waals surface area contributed by atoms with Gasteiger partial charge in [-0.3, -0.25) is 0 Å².